The van der Waals surface area contributed by atoms with E-state index in [9.17, 15) is 18.0 Å². The van der Waals surface area contributed by atoms with E-state index in [4.69, 9.17) is 4.74 Å². The Morgan fingerprint density at radius 2 is 1.96 bits per heavy atom. The molecule has 0 aromatic heterocycles. The number of hydrogen-bond donors (Lipinski definition) is 0. The van der Waals surface area contributed by atoms with E-state index in [1.807, 2.05) is 6.07 Å². The number of esters is 1. The fourth-order valence-corrected chi connectivity index (χ4v) is 4.18. The molecule has 7 heteroatoms. The SMILES string of the molecule is CCOC(=O)[C@@H]1CCCN(C(=O)CS(=O)(=O)Cc2ccccc2)C1. The minimum atomic E-state index is -3.54. The van der Waals surface area contributed by atoms with Gasteiger partial charge in [-0.15, -0.1) is 0 Å². The Bertz CT molecular complexity index is 671. The first-order chi connectivity index (χ1) is 11.4. The number of carbonyl (C=O) groups excluding carboxylic acids is 2. The molecule has 1 aromatic carbocycles. The quantitative estimate of drug-likeness (QED) is 0.722. The summed E-state index contributed by atoms with van der Waals surface area (Å²) in [6.07, 6.45) is 1.34. The van der Waals surface area contributed by atoms with Crippen molar-refractivity contribution in [2.75, 3.05) is 25.4 Å². The van der Waals surface area contributed by atoms with Gasteiger partial charge in [-0.1, -0.05) is 30.3 Å². The molecule has 0 bridgehead atoms. The number of carbonyl (C=O) groups is 2. The summed E-state index contributed by atoms with van der Waals surface area (Å²) in [6, 6.07) is 8.78. The van der Waals surface area contributed by atoms with Crippen molar-refractivity contribution in [2.24, 2.45) is 5.92 Å². The average Bonchev–Trinajstić information content (AvgIpc) is 2.55. The normalized spacial score (nSPS) is 18.2. The van der Waals surface area contributed by atoms with Crippen molar-refractivity contribution in [3.63, 3.8) is 0 Å². The van der Waals surface area contributed by atoms with Crippen LogP contribution >= 0.6 is 0 Å². The molecule has 1 fully saturated rings. The number of nitrogens with zero attached hydrogens (tertiary/aromatic N) is 1. The molecule has 1 aliphatic heterocycles. The summed E-state index contributed by atoms with van der Waals surface area (Å²) in [6.45, 7) is 2.75. The molecule has 24 heavy (non-hydrogen) atoms. The molecular weight excluding hydrogens is 330 g/mol. The Hall–Kier alpha value is -1.89. The predicted molar refractivity (Wildman–Crippen MR) is 89.9 cm³/mol. The van der Waals surface area contributed by atoms with Crippen LogP contribution in [-0.2, 0) is 29.9 Å². The average molecular weight is 353 g/mol. The summed E-state index contributed by atoms with van der Waals surface area (Å²) in [4.78, 5) is 25.6. The van der Waals surface area contributed by atoms with Gasteiger partial charge in [0.25, 0.3) is 0 Å². The highest BCUT2D eigenvalue weighted by molar-refractivity contribution is 7.91. The molecule has 1 aromatic rings. The Balaban J connectivity index is 1.94. The molecule has 2 rings (SSSR count). The Morgan fingerprint density at radius 1 is 1.25 bits per heavy atom. The zero-order valence-electron chi connectivity index (χ0n) is 13.8. The summed E-state index contributed by atoms with van der Waals surface area (Å²) < 4.78 is 29.5. The van der Waals surface area contributed by atoms with Crippen molar-refractivity contribution >= 4 is 21.7 Å². The minimum absolute atomic E-state index is 0.158. The maximum absolute atomic E-state index is 12.3. The van der Waals surface area contributed by atoms with E-state index in [2.05, 4.69) is 0 Å². The largest absolute Gasteiger partial charge is 0.466 e. The summed E-state index contributed by atoms with van der Waals surface area (Å²) in [5.74, 6) is -1.81. The molecular formula is C17H23NO5S. The van der Waals surface area contributed by atoms with Crippen LogP contribution in [0, 0.1) is 5.92 Å². The molecule has 0 aliphatic carbocycles. The summed E-state index contributed by atoms with van der Waals surface area (Å²) >= 11 is 0. The van der Waals surface area contributed by atoms with Crippen molar-refractivity contribution in [2.45, 2.75) is 25.5 Å². The molecule has 1 atom stereocenters. The van der Waals surface area contributed by atoms with Crippen LogP contribution in [0.15, 0.2) is 30.3 Å². The van der Waals surface area contributed by atoms with E-state index in [0.717, 1.165) is 0 Å². The van der Waals surface area contributed by atoms with Gasteiger partial charge in [-0.3, -0.25) is 9.59 Å². The topological polar surface area (TPSA) is 80.8 Å². The first-order valence-corrected chi connectivity index (χ1v) is 9.92. The molecule has 6 nitrogen and oxygen atoms in total. The fraction of sp³-hybridized carbons (Fsp3) is 0.529. The van der Waals surface area contributed by atoms with Gasteiger partial charge in [0.2, 0.25) is 5.91 Å². The van der Waals surface area contributed by atoms with Crippen molar-refractivity contribution in [1.29, 1.82) is 0 Å². The van der Waals surface area contributed by atoms with Crippen LogP contribution in [0.1, 0.15) is 25.3 Å². The lowest BCUT2D eigenvalue weighted by Crippen LogP contribution is -2.45. The Morgan fingerprint density at radius 3 is 2.62 bits per heavy atom. The predicted octanol–water partition coefficient (Wildman–Crippen LogP) is 1.40. The van der Waals surface area contributed by atoms with Gasteiger partial charge in [-0.05, 0) is 25.3 Å². The molecule has 0 radical (unpaired) electrons. The highest BCUT2D eigenvalue weighted by Crippen LogP contribution is 2.19. The van der Waals surface area contributed by atoms with Gasteiger partial charge in [0.05, 0.1) is 18.3 Å². The van der Waals surface area contributed by atoms with Crippen LogP contribution in [0.25, 0.3) is 0 Å². The van der Waals surface area contributed by atoms with E-state index >= 15 is 0 Å². The van der Waals surface area contributed by atoms with Gasteiger partial charge >= 0.3 is 5.97 Å². The van der Waals surface area contributed by atoms with Gasteiger partial charge in [0.15, 0.2) is 9.84 Å². The number of benzene rings is 1. The second-order valence-corrected chi connectivity index (χ2v) is 8.01. The zero-order chi connectivity index (χ0) is 17.6. The van der Waals surface area contributed by atoms with Crippen molar-refractivity contribution < 1.29 is 22.7 Å². The van der Waals surface area contributed by atoms with E-state index in [1.165, 1.54) is 4.90 Å². The smallest absolute Gasteiger partial charge is 0.310 e. The summed E-state index contributed by atoms with van der Waals surface area (Å²) in [5.41, 5.74) is 0.661. The maximum atomic E-state index is 12.3. The maximum Gasteiger partial charge on any atom is 0.310 e. The number of sulfone groups is 1. The third-order valence-corrected chi connectivity index (χ3v) is 5.43. The third-order valence-electron chi connectivity index (χ3n) is 3.97. The minimum Gasteiger partial charge on any atom is -0.466 e. The summed E-state index contributed by atoms with van der Waals surface area (Å²) in [7, 11) is -3.54. The number of amides is 1. The fourth-order valence-electron chi connectivity index (χ4n) is 2.81. The molecule has 132 valence electrons. The van der Waals surface area contributed by atoms with E-state index < -0.39 is 21.5 Å². The zero-order valence-corrected chi connectivity index (χ0v) is 14.6. The van der Waals surface area contributed by atoms with Crippen molar-refractivity contribution in [1.82, 2.24) is 4.90 Å². The highest BCUT2D eigenvalue weighted by atomic mass is 32.2. The molecule has 0 spiro atoms. The van der Waals surface area contributed by atoms with Crippen molar-refractivity contribution in [3.8, 4) is 0 Å². The van der Waals surface area contributed by atoms with Gasteiger partial charge < -0.3 is 9.64 Å². The molecule has 1 saturated heterocycles. The number of rotatable bonds is 6. The third kappa shape index (κ3) is 5.33. The van der Waals surface area contributed by atoms with Crippen LogP contribution in [0.2, 0.25) is 0 Å². The lowest BCUT2D eigenvalue weighted by atomic mass is 9.98. The van der Waals surface area contributed by atoms with E-state index in [0.29, 0.717) is 31.6 Å². The van der Waals surface area contributed by atoms with Crippen LogP contribution in [0.5, 0.6) is 0 Å². The number of hydrogen-bond acceptors (Lipinski definition) is 5. The van der Waals surface area contributed by atoms with Crippen LogP contribution < -0.4 is 0 Å². The van der Waals surface area contributed by atoms with E-state index in [1.54, 1.807) is 31.2 Å². The first kappa shape index (κ1) is 18.4. The molecule has 1 amide bonds. The second-order valence-electron chi connectivity index (χ2n) is 5.95. The van der Waals surface area contributed by atoms with Gasteiger partial charge in [0, 0.05) is 13.1 Å². The molecule has 0 saturated carbocycles. The Labute approximate surface area is 142 Å². The Kier molecular flexibility index (Phi) is 6.36. The second kappa shape index (κ2) is 8.28. The molecule has 0 unspecified atom stereocenters. The van der Waals surface area contributed by atoms with Crippen molar-refractivity contribution in [3.05, 3.63) is 35.9 Å². The summed E-state index contributed by atoms with van der Waals surface area (Å²) in [5, 5.41) is 0. The van der Waals surface area contributed by atoms with Crippen LogP contribution in [0.3, 0.4) is 0 Å². The number of piperidine rings is 1. The van der Waals surface area contributed by atoms with Crippen LogP contribution in [-0.4, -0.2) is 50.6 Å². The van der Waals surface area contributed by atoms with Gasteiger partial charge in [-0.25, -0.2) is 8.42 Å². The number of ether oxygens (including phenoxy) is 1. The number of likely N-dealkylation sites (tertiary alicyclic amines) is 1. The van der Waals surface area contributed by atoms with E-state index in [-0.39, 0.29) is 24.2 Å². The highest BCUT2D eigenvalue weighted by Gasteiger charge is 2.31. The monoisotopic (exact) mass is 353 g/mol. The first-order valence-electron chi connectivity index (χ1n) is 8.10. The lowest BCUT2D eigenvalue weighted by Gasteiger charge is -2.31. The standard InChI is InChI=1S/C17H23NO5S/c1-2-23-17(20)15-9-6-10-18(11-15)16(19)13-24(21,22)12-14-7-4-3-5-8-14/h3-5,7-8,15H,2,6,9-13H2,1H3/t15-/m1/s1. The molecule has 1 aliphatic rings. The van der Waals surface area contributed by atoms with Gasteiger partial charge in [-0.2, -0.15) is 0 Å². The molecule has 1 heterocycles. The van der Waals surface area contributed by atoms with Gasteiger partial charge in [0.1, 0.15) is 5.75 Å². The van der Waals surface area contributed by atoms with Crippen LogP contribution in [0.4, 0.5) is 0 Å². The lowest BCUT2D eigenvalue weighted by molar-refractivity contribution is -0.151. The molecule has 0 N–H and O–H groups in total.